The lowest BCUT2D eigenvalue weighted by Gasteiger charge is -2.18. The monoisotopic (exact) mass is 327 g/mol. The number of sulfonamides is 1. The van der Waals surface area contributed by atoms with Gasteiger partial charge in [0.05, 0.1) is 10.7 Å². The summed E-state index contributed by atoms with van der Waals surface area (Å²) < 4.78 is 28.2. The molecule has 1 aromatic carbocycles. The molecule has 0 atom stereocenters. The molecular formula is C14H18ClN3O2S. The minimum Gasteiger partial charge on any atom is -0.272 e. The Hall–Kier alpha value is -1.37. The molecule has 0 saturated heterocycles. The van der Waals surface area contributed by atoms with Gasteiger partial charge in [0, 0.05) is 31.9 Å². The van der Waals surface area contributed by atoms with Gasteiger partial charge in [-0.3, -0.25) is 4.68 Å². The first-order valence-corrected chi connectivity index (χ1v) is 8.27. The predicted molar refractivity (Wildman–Crippen MR) is 82.8 cm³/mol. The molecule has 2 rings (SSSR count). The molecule has 0 saturated carbocycles. The number of aryl methyl sites for hydroxylation is 2. The van der Waals surface area contributed by atoms with Gasteiger partial charge in [-0.25, -0.2) is 8.42 Å². The first-order valence-electron chi connectivity index (χ1n) is 6.45. The van der Waals surface area contributed by atoms with Gasteiger partial charge in [-0.05, 0) is 26.0 Å². The molecule has 0 amide bonds. The normalized spacial score (nSPS) is 12.1. The van der Waals surface area contributed by atoms with Gasteiger partial charge in [0.25, 0.3) is 0 Å². The second kappa shape index (κ2) is 5.79. The number of benzene rings is 1. The summed E-state index contributed by atoms with van der Waals surface area (Å²) in [7, 11) is -0.240. The summed E-state index contributed by atoms with van der Waals surface area (Å²) in [5, 5.41) is 4.53. The first-order chi connectivity index (χ1) is 9.75. The topological polar surface area (TPSA) is 55.2 Å². The summed E-state index contributed by atoms with van der Waals surface area (Å²) in [6.45, 7) is 4.06. The lowest BCUT2D eigenvalue weighted by atomic mass is 10.2. The van der Waals surface area contributed by atoms with Crippen molar-refractivity contribution >= 4 is 21.6 Å². The highest BCUT2D eigenvalue weighted by Crippen LogP contribution is 2.25. The fourth-order valence-corrected chi connectivity index (χ4v) is 3.80. The second-order valence-electron chi connectivity index (χ2n) is 4.96. The summed E-state index contributed by atoms with van der Waals surface area (Å²) in [6, 6.07) is 6.45. The zero-order chi connectivity index (χ0) is 15.8. The zero-order valence-electron chi connectivity index (χ0n) is 12.5. The van der Waals surface area contributed by atoms with E-state index in [1.54, 1.807) is 29.9 Å². The molecule has 0 radical (unpaired) electrons. The van der Waals surface area contributed by atoms with E-state index in [0.717, 1.165) is 17.0 Å². The molecule has 1 aromatic heterocycles. The number of hydrogen-bond donors (Lipinski definition) is 0. The Labute approximate surface area is 130 Å². The zero-order valence-corrected chi connectivity index (χ0v) is 14.0. The SMILES string of the molecule is Cc1nn(C)c(C)c1CN(C)S(=O)(=O)c1ccccc1Cl. The van der Waals surface area contributed by atoms with Crippen molar-refractivity contribution in [2.24, 2.45) is 7.05 Å². The average Bonchev–Trinajstić information content (AvgIpc) is 2.65. The minimum atomic E-state index is -3.63. The number of nitrogens with zero attached hydrogens (tertiary/aromatic N) is 3. The molecule has 0 bridgehead atoms. The van der Waals surface area contributed by atoms with Gasteiger partial charge in [-0.1, -0.05) is 23.7 Å². The molecule has 0 unspecified atom stereocenters. The maximum absolute atomic E-state index is 12.6. The highest BCUT2D eigenvalue weighted by molar-refractivity contribution is 7.89. The molecule has 21 heavy (non-hydrogen) atoms. The third kappa shape index (κ3) is 2.97. The summed E-state index contributed by atoms with van der Waals surface area (Å²) in [5.74, 6) is 0. The summed E-state index contributed by atoms with van der Waals surface area (Å²) >= 11 is 6.00. The molecule has 0 aliphatic heterocycles. The summed E-state index contributed by atoms with van der Waals surface area (Å²) in [4.78, 5) is 0.119. The van der Waals surface area contributed by atoms with Gasteiger partial charge < -0.3 is 0 Å². The molecular weight excluding hydrogens is 310 g/mol. The number of rotatable bonds is 4. The lowest BCUT2D eigenvalue weighted by Crippen LogP contribution is -2.27. The first kappa shape index (κ1) is 16.0. The standard InChI is InChI=1S/C14H18ClN3O2S/c1-10-12(11(2)18(4)16-10)9-17(3)21(19,20)14-8-6-5-7-13(14)15/h5-8H,9H2,1-4H3. The van der Waals surface area contributed by atoms with Gasteiger partial charge in [0.15, 0.2) is 0 Å². The molecule has 114 valence electrons. The highest BCUT2D eigenvalue weighted by Gasteiger charge is 2.25. The van der Waals surface area contributed by atoms with Gasteiger partial charge in [-0.15, -0.1) is 0 Å². The van der Waals surface area contributed by atoms with Crippen molar-refractivity contribution in [2.75, 3.05) is 7.05 Å². The average molecular weight is 328 g/mol. The van der Waals surface area contributed by atoms with Crippen LogP contribution >= 0.6 is 11.6 Å². The van der Waals surface area contributed by atoms with Crippen LogP contribution < -0.4 is 0 Å². The van der Waals surface area contributed by atoms with Gasteiger partial charge in [0.1, 0.15) is 4.90 Å². The Bertz CT molecular complexity index is 769. The van der Waals surface area contributed by atoms with Crippen LogP contribution in [0.5, 0.6) is 0 Å². The van der Waals surface area contributed by atoms with Crippen LogP contribution in [0.1, 0.15) is 17.0 Å². The van der Waals surface area contributed by atoms with Gasteiger partial charge in [-0.2, -0.15) is 9.40 Å². The van der Waals surface area contributed by atoms with Crippen molar-refractivity contribution in [3.05, 3.63) is 46.2 Å². The molecule has 7 heteroatoms. The van der Waals surface area contributed by atoms with E-state index < -0.39 is 10.0 Å². The maximum atomic E-state index is 12.6. The van der Waals surface area contributed by atoms with Crippen LogP contribution in [0.4, 0.5) is 0 Å². The Balaban J connectivity index is 2.36. The largest absolute Gasteiger partial charge is 0.272 e. The Kier molecular flexibility index (Phi) is 4.41. The molecule has 0 aliphatic rings. The van der Waals surface area contributed by atoms with E-state index >= 15 is 0 Å². The summed E-state index contributed by atoms with van der Waals surface area (Å²) in [6.07, 6.45) is 0. The Morgan fingerprint density at radius 2 is 1.90 bits per heavy atom. The van der Waals surface area contributed by atoms with E-state index in [1.807, 2.05) is 20.9 Å². The van der Waals surface area contributed by atoms with Gasteiger partial charge >= 0.3 is 0 Å². The van der Waals surface area contributed by atoms with E-state index in [9.17, 15) is 8.42 Å². The molecule has 1 heterocycles. The van der Waals surface area contributed by atoms with Crippen LogP contribution in [0, 0.1) is 13.8 Å². The maximum Gasteiger partial charge on any atom is 0.244 e. The Morgan fingerprint density at radius 3 is 2.43 bits per heavy atom. The van der Waals surface area contributed by atoms with Crippen LogP contribution in [0.15, 0.2) is 29.2 Å². The van der Waals surface area contributed by atoms with E-state index in [-0.39, 0.29) is 16.5 Å². The fraction of sp³-hybridized carbons (Fsp3) is 0.357. The third-order valence-electron chi connectivity index (χ3n) is 3.56. The number of hydrogen-bond acceptors (Lipinski definition) is 3. The van der Waals surface area contributed by atoms with Crippen molar-refractivity contribution in [1.29, 1.82) is 0 Å². The lowest BCUT2D eigenvalue weighted by molar-refractivity contribution is 0.465. The predicted octanol–water partition coefficient (Wildman–Crippen LogP) is 2.51. The van der Waals surface area contributed by atoms with Crippen LogP contribution in [0.3, 0.4) is 0 Å². The van der Waals surface area contributed by atoms with E-state index in [2.05, 4.69) is 5.10 Å². The third-order valence-corrected chi connectivity index (χ3v) is 5.87. The van der Waals surface area contributed by atoms with Crippen LogP contribution in [-0.2, 0) is 23.6 Å². The number of halogens is 1. The van der Waals surface area contributed by atoms with Crippen LogP contribution in [0.2, 0.25) is 5.02 Å². The molecule has 5 nitrogen and oxygen atoms in total. The van der Waals surface area contributed by atoms with Crippen LogP contribution in [0.25, 0.3) is 0 Å². The fourth-order valence-electron chi connectivity index (χ4n) is 2.18. The highest BCUT2D eigenvalue weighted by atomic mass is 35.5. The van der Waals surface area contributed by atoms with E-state index in [0.29, 0.717) is 0 Å². The van der Waals surface area contributed by atoms with Crippen molar-refractivity contribution in [3.8, 4) is 0 Å². The van der Waals surface area contributed by atoms with Crippen molar-refractivity contribution in [2.45, 2.75) is 25.3 Å². The molecule has 0 N–H and O–H groups in total. The summed E-state index contributed by atoms with van der Waals surface area (Å²) in [5.41, 5.74) is 2.69. The second-order valence-corrected chi connectivity index (χ2v) is 7.38. The van der Waals surface area contributed by atoms with Gasteiger partial charge in [0.2, 0.25) is 10.0 Å². The molecule has 0 fully saturated rings. The number of aromatic nitrogens is 2. The quantitative estimate of drug-likeness (QED) is 0.867. The van der Waals surface area contributed by atoms with E-state index in [4.69, 9.17) is 11.6 Å². The van der Waals surface area contributed by atoms with Crippen molar-refractivity contribution in [3.63, 3.8) is 0 Å². The smallest absolute Gasteiger partial charge is 0.244 e. The van der Waals surface area contributed by atoms with Crippen LogP contribution in [-0.4, -0.2) is 29.6 Å². The molecule has 0 spiro atoms. The minimum absolute atomic E-state index is 0.119. The Morgan fingerprint density at radius 1 is 1.29 bits per heavy atom. The molecule has 2 aromatic rings. The van der Waals surface area contributed by atoms with Crippen molar-refractivity contribution < 1.29 is 8.42 Å². The molecule has 0 aliphatic carbocycles. The van der Waals surface area contributed by atoms with Crippen molar-refractivity contribution in [1.82, 2.24) is 14.1 Å². The van der Waals surface area contributed by atoms with E-state index in [1.165, 1.54) is 10.4 Å².